The molecule has 2 heterocycles. The first-order valence-corrected chi connectivity index (χ1v) is 17.1. The molecule has 0 atom stereocenters. The highest BCUT2D eigenvalue weighted by Gasteiger charge is 2.40. The number of rotatable bonds is 11. The van der Waals surface area contributed by atoms with Crippen molar-refractivity contribution in [3.05, 3.63) is 82.6 Å². The van der Waals surface area contributed by atoms with Crippen LogP contribution in [0.25, 0.3) is 17.4 Å². The summed E-state index contributed by atoms with van der Waals surface area (Å²) in [5.41, 5.74) is 4.13. The Morgan fingerprint density at radius 2 is 1.76 bits per heavy atom. The third-order valence-corrected chi connectivity index (χ3v) is 9.48. The van der Waals surface area contributed by atoms with Gasteiger partial charge in [-0.25, -0.2) is 13.0 Å². The van der Waals surface area contributed by atoms with Crippen molar-refractivity contribution in [2.24, 2.45) is 0 Å². The van der Waals surface area contributed by atoms with Crippen LogP contribution in [0.2, 0.25) is 0 Å². The number of anilines is 1. The third-order valence-electron chi connectivity index (χ3n) is 8.65. The highest BCUT2D eigenvalue weighted by Crippen LogP contribution is 2.48. The molecular weight excluding hydrogens is 588 g/mol. The van der Waals surface area contributed by atoms with Crippen molar-refractivity contribution in [2.75, 3.05) is 24.5 Å². The average Bonchev–Trinajstić information content (AvgIpc) is 3.17. The zero-order chi connectivity index (χ0) is 33.2. The summed E-state index contributed by atoms with van der Waals surface area (Å²) < 4.78 is 44.3. The van der Waals surface area contributed by atoms with Crippen LogP contribution in [0.4, 0.5) is 5.69 Å². The van der Waals surface area contributed by atoms with E-state index in [1.165, 1.54) is 17.7 Å². The minimum atomic E-state index is -4.61. The second-order valence-electron chi connectivity index (χ2n) is 13.2. The minimum Gasteiger partial charge on any atom is -0.744 e. The summed E-state index contributed by atoms with van der Waals surface area (Å²) in [5, 5.41) is 10.1. The molecular formula is C36H46N2O6S. The lowest BCUT2D eigenvalue weighted by Gasteiger charge is -2.27. The molecule has 0 spiro atoms. The number of nitrogens with zero attached hydrogens (tertiary/aromatic N) is 2. The van der Waals surface area contributed by atoms with Gasteiger partial charge in [0.05, 0.1) is 11.0 Å². The molecule has 8 nitrogen and oxygen atoms in total. The van der Waals surface area contributed by atoms with Crippen molar-refractivity contribution in [1.82, 2.24) is 4.58 Å². The summed E-state index contributed by atoms with van der Waals surface area (Å²) in [4.78, 5) is 12.9. The number of carbonyl (C=O) groups is 1. The van der Waals surface area contributed by atoms with Crippen molar-refractivity contribution < 1.29 is 27.3 Å². The predicted octanol–water partition coefficient (Wildman–Crippen LogP) is 6.74. The predicted molar refractivity (Wildman–Crippen MR) is 178 cm³/mol. The summed E-state index contributed by atoms with van der Waals surface area (Å²) in [5.74, 6) is 0.731. The molecule has 4 rings (SSSR count). The van der Waals surface area contributed by atoms with E-state index in [9.17, 15) is 17.8 Å². The molecule has 2 aliphatic heterocycles. The molecule has 9 heteroatoms. The van der Waals surface area contributed by atoms with Crippen molar-refractivity contribution in [3.8, 4) is 11.3 Å². The topological polar surface area (TPSA) is 114 Å². The Hall–Kier alpha value is -3.69. The van der Waals surface area contributed by atoms with Gasteiger partial charge in [0.1, 0.15) is 34.7 Å². The van der Waals surface area contributed by atoms with Crippen LogP contribution in [-0.4, -0.2) is 43.7 Å². The van der Waals surface area contributed by atoms with Gasteiger partial charge in [-0.1, -0.05) is 47.1 Å². The van der Waals surface area contributed by atoms with Crippen LogP contribution < -0.4 is 14.8 Å². The molecule has 0 radical (unpaired) electrons. The van der Waals surface area contributed by atoms with Gasteiger partial charge in [0.15, 0.2) is 0 Å². The van der Waals surface area contributed by atoms with Crippen LogP contribution in [0, 0.1) is 0 Å². The molecule has 242 valence electrons. The van der Waals surface area contributed by atoms with E-state index in [0.29, 0.717) is 18.7 Å². The Labute approximate surface area is 267 Å². The molecule has 1 aromatic carbocycles. The Kier molecular flexibility index (Phi) is 10.1. The summed E-state index contributed by atoms with van der Waals surface area (Å²) in [6, 6.07) is 13.0. The van der Waals surface area contributed by atoms with Crippen LogP contribution in [0.15, 0.2) is 69.6 Å². The standard InChI is InChI=1S/C36H46N2O6S/c1-8-37(9-2)25-17-19-28-29(35(3,4)5)23-26(44-32(28)22-25)14-13-15-33-36(6,7)30-24-27(45(41,42)43)18-20-31(30)38(33)21-12-10-11-16-34(39)40/h13-15,17-20,22-24H,8-12,16,21H2,1-7H3,(H-,39,40,41,42,43). The third kappa shape index (κ3) is 7.59. The summed E-state index contributed by atoms with van der Waals surface area (Å²) in [6.07, 6.45) is 8.14. The van der Waals surface area contributed by atoms with Gasteiger partial charge in [-0.15, -0.1) is 0 Å². The Balaban J connectivity index is 1.77. The fourth-order valence-corrected chi connectivity index (χ4v) is 6.69. The van der Waals surface area contributed by atoms with Crippen LogP contribution in [0.1, 0.15) is 91.0 Å². The molecule has 0 saturated carbocycles. The van der Waals surface area contributed by atoms with Crippen molar-refractivity contribution in [1.29, 1.82) is 0 Å². The summed E-state index contributed by atoms with van der Waals surface area (Å²) in [6.45, 7) is 17.3. The first-order valence-electron chi connectivity index (χ1n) is 15.7. The molecule has 0 saturated heterocycles. The molecule has 1 aromatic rings. The van der Waals surface area contributed by atoms with Gasteiger partial charge < -0.3 is 19.0 Å². The summed E-state index contributed by atoms with van der Waals surface area (Å²) >= 11 is 0. The van der Waals surface area contributed by atoms with Crippen LogP contribution in [0.5, 0.6) is 0 Å². The number of carboxylic acids is 1. The molecule has 0 bridgehead atoms. The van der Waals surface area contributed by atoms with Crippen molar-refractivity contribution >= 4 is 27.9 Å². The lowest BCUT2D eigenvalue weighted by atomic mass is 9.82. The molecule has 0 amide bonds. The van der Waals surface area contributed by atoms with E-state index in [-0.39, 0.29) is 16.7 Å². The van der Waals surface area contributed by atoms with Crippen molar-refractivity contribution in [3.63, 3.8) is 0 Å². The van der Waals surface area contributed by atoms with E-state index >= 15 is 0 Å². The smallest absolute Gasteiger partial charge is 0.303 e. The molecule has 1 N–H and O–H groups in total. The van der Waals surface area contributed by atoms with E-state index < -0.39 is 21.5 Å². The van der Waals surface area contributed by atoms with Gasteiger partial charge in [-0.2, -0.15) is 0 Å². The lowest BCUT2D eigenvalue weighted by Crippen LogP contribution is -2.29. The van der Waals surface area contributed by atoms with Gasteiger partial charge in [0, 0.05) is 41.4 Å². The van der Waals surface area contributed by atoms with Crippen LogP contribution in [0.3, 0.4) is 0 Å². The fourth-order valence-electron chi connectivity index (χ4n) is 6.19. The van der Waals surface area contributed by atoms with Gasteiger partial charge in [-0.3, -0.25) is 4.79 Å². The molecule has 3 aliphatic rings. The number of aliphatic carboxylic acids is 1. The number of carboxylic acid groups (broad SMARTS) is 1. The number of hydrogen-bond donors (Lipinski definition) is 1. The first-order chi connectivity index (χ1) is 21.1. The quantitative estimate of drug-likeness (QED) is 0.141. The number of benzene rings is 2. The molecule has 0 aromatic heterocycles. The zero-order valence-electron chi connectivity index (χ0n) is 27.5. The van der Waals surface area contributed by atoms with E-state index in [1.54, 1.807) is 6.07 Å². The number of allylic oxidation sites excluding steroid dienone is 3. The summed E-state index contributed by atoms with van der Waals surface area (Å²) in [7, 11) is -4.61. The number of fused-ring (bicyclic) bond motifs is 2. The van der Waals surface area contributed by atoms with Gasteiger partial charge in [0.2, 0.25) is 5.36 Å². The second-order valence-corrected chi connectivity index (χ2v) is 14.6. The van der Waals surface area contributed by atoms with Crippen LogP contribution in [-0.2, 0) is 25.7 Å². The van der Waals surface area contributed by atoms with Crippen LogP contribution >= 0.6 is 0 Å². The maximum absolute atomic E-state index is 11.9. The largest absolute Gasteiger partial charge is 0.744 e. The first kappa shape index (κ1) is 34.2. The molecule has 0 unspecified atom stereocenters. The Bertz CT molecular complexity index is 1770. The van der Waals surface area contributed by atoms with E-state index in [4.69, 9.17) is 9.52 Å². The maximum Gasteiger partial charge on any atom is 0.303 e. The second kappa shape index (κ2) is 13.3. The normalized spacial score (nSPS) is 15.7. The molecule has 45 heavy (non-hydrogen) atoms. The number of unbranched alkanes of at least 4 members (excludes halogenated alkanes) is 2. The molecule has 0 fully saturated rings. The van der Waals surface area contributed by atoms with E-state index in [2.05, 4.69) is 68.4 Å². The highest BCUT2D eigenvalue weighted by molar-refractivity contribution is 7.85. The Morgan fingerprint density at radius 3 is 2.38 bits per heavy atom. The van der Waals surface area contributed by atoms with Crippen molar-refractivity contribution in [2.45, 2.75) is 89.9 Å². The Morgan fingerprint density at radius 1 is 1.04 bits per heavy atom. The average molecular weight is 635 g/mol. The minimum absolute atomic E-state index is 0.112. The van der Waals surface area contributed by atoms with E-state index in [1.807, 2.05) is 32.1 Å². The lowest BCUT2D eigenvalue weighted by molar-refractivity contribution is -0.137. The SMILES string of the molecule is CC[N+](CC)=c1ccc2c(C(C)(C)C)cc(C=CC=C3N(CCCCCC(=O)O)c4ccc(S(=O)(=O)[O-])cc4C3(C)C)oc-2c1. The van der Waals surface area contributed by atoms with E-state index in [0.717, 1.165) is 59.6 Å². The van der Waals surface area contributed by atoms with Gasteiger partial charge in [0.25, 0.3) is 0 Å². The molecule has 1 aliphatic carbocycles. The van der Waals surface area contributed by atoms with Gasteiger partial charge in [-0.05, 0) is 85.7 Å². The maximum atomic E-state index is 11.9. The number of hydrogen-bond acceptors (Lipinski definition) is 6. The zero-order valence-corrected chi connectivity index (χ0v) is 28.3. The monoisotopic (exact) mass is 634 g/mol. The highest BCUT2D eigenvalue weighted by atomic mass is 32.2. The van der Waals surface area contributed by atoms with Gasteiger partial charge >= 0.3 is 5.97 Å². The fraction of sp³-hybridized carbons (Fsp3) is 0.444.